The molecule has 0 unspecified atom stereocenters. The standard InChI is InChI=1S/C19H15F3N2O3/c1-25-15-9-11-24-18(26-2)16(15)14-4-3-10-23-17(14)27-13-7-5-12(6-8-13)19(20,21)22/h3-11H,1-2H3. The van der Waals surface area contributed by atoms with E-state index in [1.807, 2.05) is 0 Å². The molecule has 8 heteroatoms. The first kappa shape index (κ1) is 18.5. The summed E-state index contributed by atoms with van der Waals surface area (Å²) in [6.07, 6.45) is -1.36. The van der Waals surface area contributed by atoms with Gasteiger partial charge in [-0.05, 0) is 42.5 Å². The Kier molecular flexibility index (Phi) is 5.16. The molecule has 0 saturated heterocycles. The van der Waals surface area contributed by atoms with Crippen molar-refractivity contribution in [3.05, 3.63) is 60.4 Å². The lowest BCUT2D eigenvalue weighted by Gasteiger charge is -2.15. The average Bonchev–Trinajstić information content (AvgIpc) is 2.67. The average molecular weight is 376 g/mol. The van der Waals surface area contributed by atoms with Crippen LogP contribution in [0.25, 0.3) is 11.1 Å². The van der Waals surface area contributed by atoms with E-state index >= 15 is 0 Å². The van der Waals surface area contributed by atoms with Gasteiger partial charge in [-0.15, -0.1) is 0 Å². The Labute approximate surface area is 153 Å². The summed E-state index contributed by atoms with van der Waals surface area (Å²) in [6, 6.07) is 9.45. The van der Waals surface area contributed by atoms with E-state index in [-0.39, 0.29) is 11.6 Å². The van der Waals surface area contributed by atoms with Crippen molar-refractivity contribution in [2.75, 3.05) is 14.2 Å². The molecule has 0 spiro atoms. The number of aromatic nitrogens is 2. The van der Waals surface area contributed by atoms with Crippen LogP contribution in [0.4, 0.5) is 13.2 Å². The van der Waals surface area contributed by atoms with Gasteiger partial charge in [0.2, 0.25) is 11.8 Å². The summed E-state index contributed by atoms with van der Waals surface area (Å²) in [5, 5.41) is 0. The van der Waals surface area contributed by atoms with E-state index in [0.29, 0.717) is 22.8 Å². The van der Waals surface area contributed by atoms with Crippen molar-refractivity contribution in [3.8, 4) is 34.4 Å². The molecule has 0 amide bonds. The molecular weight excluding hydrogens is 361 g/mol. The highest BCUT2D eigenvalue weighted by Gasteiger charge is 2.30. The van der Waals surface area contributed by atoms with Crippen LogP contribution >= 0.6 is 0 Å². The molecule has 5 nitrogen and oxygen atoms in total. The van der Waals surface area contributed by atoms with Crippen molar-refractivity contribution in [1.82, 2.24) is 9.97 Å². The van der Waals surface area contributed by atoms with Crippen LogP contribution in [0.2, 0.25) is 0 Å². The second-order valence-corrected chi connectivity index (χ2v) is 5.38. The van der Waals surface area contributed by atoms with Crippen LogP contribution in [-0.2, 0) is 6.18 Å². The van der Waals surface area contributed by atoms with Gasteiger partial charge >= 0.3 is 6.18 Å². The van der Waals surface area contributed by atoms with Gasteiger partial charge in [-0.1, -0.05) is 0 Å². The zero-order valence-corrected chi connectivity index (χ0v) is 14.4. The van der Waals surface area contributed by atoms with E-state index in [1.165, 1.54) is 38.7 Å². The molecule has 0 aliphatic heterocycles. The smallest absolute Gasteiger partial charge is 0.416 e. The molecule has 2 heterocycles. The Bertz CT molecular complexity index is 906. The number of rotatable bonds is 5. The Balaban J connectivity index is 2.01. The van der Waals surface area contributed by atoms with Gasteiger partial charge in [-0.2, -0.15) is 13.2 Å². The van der Waals surface area contributed by atoms with E-state index in [9.17, 15) is 13.2 Å². The highest BCUT2D eigenvalue weighted by atomic mass is 19.4. The van der Waals surface area contributed by atoms with Gasteiger partial charge in [-0.25, -0.2) is 9.97 Å². The number of hydrogen-bond donors (Lipinski definition) is 0. The van der Waals surface area contributed by atoms with E-state index in [4.69, 9.17) is 14.2 Å². The summed E-state index contributed by atoms with van der Waals surface area (Å²) in [4.78, 5) is 8.35. The normalized spacial score (nSPS) is 11.1. The molecule has 0 atom stereocenters. The Hall–Kier alpha value is -3.29. The van der Waals surface area contributed by atoms with E-state index in [2.05, 4.69) is 9.97 Å². The second kappa shape index (κ2) is 7.53. The molecule has 3 rings (SSSR count). The molecule has 3 aromatic rings. The summed E-state index contributed by atoms with van der Waals surface area (Å²) in [7, 11) is 2.98. The summed E-state index contributed by atoms with van der Waals surface area (Å²) in [6.45, 7) is 0. The minimum absolute atomic E-state index is 0.182. The van der Waals surface area contributed by atoms with Crippen LogP contribution in [0.1, 0.15) is 5.56 Å². The highest BCUT2D eigenvalue weighted by Crippen LogP contribution is 2.41. The number of pyridine rings is 2. The maximum Gasteiger partial charge on any atom is 0.416 e. The number of hydrogen-bond acceptors (Lipinski definition) is 5. The monoisotopic (exact) mass is 376 g/mol. The summed E-state index contributed by atoms with van der Waals surface area (Å²) < 4.78 is 54.5. The number of methoxy groups -OCH3 is 2. The van der Waals surface area contributed by atoms with Crippen molar-refractivity contribution < 1.29 is 27.4 Å². The van der Waals surface area contributed by atoms with Crippen molar-refractivity contribution in [2.45, 2.75) is 6.18 Å². The first-order valence-electron chi connectivity index (χ1n) is 7.81. The second-order valence-electron chi connectivity index (χ2n) is 5.38. The zero-order valence-electron chi connectivity index (χ0n) is 14.4. The summed E-state index contributed by atoms with van der Waals surface area (Å²) >= 11 is 0. The van der Waals surface area contributed by atoms with Gasteiger partial charge in [0, 0.05) is 12.4 Å². The van der Waals surface area contributed by atoms with Gasteiger partial charge in [0.15, 0.2) is 0 Å². The Morgan fingerprint density at radius 2 is 1.52 bits per heavy atom. The Morgan fingerprint density at radius 1 is 0.815 bits per heavy atom. The molecule has 140 valence electrons. The topological polar surface area (TPSA) is 53.5 Å². The largest absolute Gasteiger partial charge is 0.496 e. The Morgan fingerprint density at radius 3 is 2.15 bits per heavy atom. The van der Waals surface area contributed by atoms with Crippen LogP contribution < -0.4 is 14.2 Å². The van der Waals surface area contributed by atoms with E-state index in [0.717, 1.165) is 12.1 Å². The lowest BCUT2D eigenvalue weighted by Crippen LogP contribution is -2.04. The van der Waals surface area contributed by atoms with Gasteiger partial charge in [0.25, 0.3) is 0 Å². The fraction of sp³-hybridized carbons (Fsp3) is 0.158. The third-order valence-corrected chi connectivity index (χ3v) is 3.73. The van der Waals surface area contributed by atoms with E-state index in [1.54, 1.807) is 18.2 Å². The number of alkyl halides is 3. The molecule has 2 aromatic heterocycles. The summed E-state index contributed by atoms with van der Waals surface area (Å²) in [5.41, 5.74) is 0.295. The minimum atomic E-state index is -4.41. The maximum absolute atomic E-state index is 12.7. The third kappa shape index (κ3) is 3.94. The third-order valence-electron chi connectivity index (χ3n) is 3.73. The van der Waals surface area contributed by atoms with Crippen molar-refractivity contribution in [2.24, 2.45) is 0 Å². The van der Waals surface area contributed by atoms with Crippen LogP contribution in [0.5, 0.6) is 23.3 Å². The molecule has 0 N–H and O–H groups in total. The predicted molar refractivity (Wildman–Crippen MR) is 92.1 cm³/mol. The summed E-state index contributed by atoms with van der Waals surface area (Å²) in [5.74, 6) is 1.19. The number of nitrogens with zero attached hydrogens (tertiary/aromatic N) is 2. The molecule has 0 radical (unpaired) electrons. The highest BCUT2D eigenvalue weighted by molar-refractivity contribution is 5.78. The molecule has 0 aliphatic rings. The fourth-order valence-corrected chi connectivity index (χ4v) is 2.48. The SMILES string of the molecule is COc1ccnc(OC)c1-c1cccnc1Oc1ccc(C(F)(F)F)cc1. The predicted octanol–water partition coefficient (Wildman–Crippen LogP) is 4.97. The fourth-order valence-electron chi connectivity index (χ4n) is 2.48. The number of halogens is 3. The van der Waals surface area contributed by atoms with Crippen molar-refractivity contribution in [3.63, 3.8) is 0 Å². The molecule has 0 aliphatic carbocycles. The van der Waals surface area contributed by atoms with Crippen molar-refractivity contribution in [1.29, 1.82) is 0 Å². The zero-order chi connectivity index (χ0) is 19.4. The minimum Gasteiger partial charge on any atom is -0.496 e. The van der Waals surface area contributed by atoms with E-state index < -0.39 is 11.7 Å². The number of ether oxygens (including phenoxy) is 3. The molecule has 0 saturated carbocycles. The lowest BCUT2D eigenvalue weighted by molar-refractivity contribution is -0.137. The van der Waals surface area contributed by atoms with Gasteiger partial charge < -0.3 is 14.2 Å². The van der Waals surface area contributed by atoms with Gasteiger partial charge in [-0.3, -0.25) is 0 Å². The first-order valence-corrected chi connectivity index (χ1v) is 7.81. The molecule has 0 bridgehead atoms. The van der Waals surface area contributed by atoms with Gasteiger partial charge in [0.1, 0.15) is 11.5 Å². The van der Waals surface area contributed by atoms with Crippen LogP contribution in [0.3, 0.4) is 0 Å². The quantitative estimate of drug-likeness (QED) is 0.629. The van der Waals surface area contributed by atoms with Gasteiger partial charge in [0.05, 0.1) is 30.9 Å². The maximum atomic E-state index is 12.7. The van der Waals surface area contributed by atoms with Crippen LogP contribution in [0.15, 0.2) is 54.9 Å². The molecule has 0 fully saturated rings. The van der Waals surface area contributed by atoms with Crippen LogP contribution in [0, 0.1) is 0 Å². The van der Waals surface area contributed by atoms with Crippen LogP contribution in [-0.4, -0.2) is 24.2 Å². The van der Waals surface area contributed by atoms with Crippen molar-refractivity contribution >= 4 is 0 Å². The molecule has 1 aromatic carbocycles. The first-order chi connectivity index (χ1) is 12.9. The molecular formula is C19H15F3N2O3. The molecule has 27 heavy (non-hydrogen) atoms. The number of benzene rings is 1. The lowest BCUT2D eigenvalue weighted by atomic mass is 10.1.